The summed E-state index contributed by atoms with van der Waals surface area (Å²) in [5, 5.41) is 2.46. The SMILES string of the molecule is CC(=O)N(CCN)C(=O)C(=O)Nc1ccc(C)cc1Br. The normalized spacial score (nSPS) is 10.0. The summed E-state index contributed by atoms with van der Waals surface area (Å²) < 4.78 is 0.659. The highest BCUT2D eigenvalue weighted by molar-refractivity contribution is 9.10. The van der Waals surface area contributed by atoms with Gasteiger partial charge in [0.25, 0.3) is 0 Å². The van der Waals surface area contributed by atoms with Gasteiger partial charge in [-0.1, -0.05) is 6.07 Å². The minimum Gasteiger partial charge on any atom is -0.329 e. The Bertz CT molecular complexity index is 546. The number of carbonyl (C=O) groups excluding carboxylic acids is 3. The van der Waals surface area contributed by atoms with Gasteiger partial charge >= 0.3 is 11.8 Å². The number of halogens is 1. The van der Waals surface area contributed by atoms with Crippen molar-refractivity contribution in [2.45, 2.75) is 13.8 Å². The van der Waals surface area contributed by atoms with Crippen LogP contribution in [0.3, 0.4) is 0 Å². The zero-order valence-electron chi connectivity index (χ0n) is 11.3. The molecule has 7 heteroatoms. The van der Waals surface area contributed by atoms with E-state index in [1.807, 2.05) is 13.0 Å². The highest BCUT2D eigenvalue weighted by atomic mass is 79.9. The van der Waals surface area contributed by atoms with Gasteiger partial charge < -0.3 is 11.1 Å². The van der Waals surface area contributed by atoms with Crippen molar-refractivity contribution >= 4 is 39.3 Å². The third-order valence-electron chi connectivity index (χ3n) is 2.54. The maximum atomic E-state index is 11.9. The summed E-state index contributed by atoms with van der Waals surface area (Å²) in [7, 11) is 0. The van der Waals surface area contributed by atoms with E-state index in [-0.39, 0.29) is 13.1 Å². The molecule has 3 amide bonds. The Morgan fingerprint density at radius 2 is 2.00 bits per heavy atom. The summed E-state index contributed by atoms with van der Waals surface area (Å²) in [5.41, 5.74) is 6.79. The topological polar surface area (TPSA) is 92.5 Å². The number of nitrogens with two attached hydrogens (primary N) is 1. The largest absolute Gasteiger partial charge is 0.329 e. The van der Waals surface area contributed by atoms with Crippen LogP contribution >= 0.6 is 15.9 Å². The quantitative estimate of drug-likeness (QED) is 0.803. The molecule has 20 heavy (non-hydrogen) atoms. The first-order valence-electron chi connectivity index (χ1n) is 5.96. The Morgan fingerprint density at radius 1 is 1.35 bits per heavy atom. The second-order valence-electron chi connectivity index (χ2n) is 4.20. The van der Waals surface area contributed by atoms with E-state index in [1.54, 1.807) is 12.1 Å². The Labute approximate surface area is 125 Å². The molecule has 0 heterocycles. The number of nitrogens with zero attached hydrogens (tertiary/aromatic N) is 1. The number of imide groups is 1. The fourth-order valence-electron chi connectivity index (χ4n) is 1.55. The predicted octanol–water partition coefficient (Wildman–Crippen LogP) is 1.03. The molecule has 3 N–H and O–H groups in total. The van der Waals surface area contributed by atoms with Crippen LogP contribution in [0.1, 0.15) is 12.5 Å². The standard InChI is InChI=1S/C13H16BrN3O3/c1-8-3-4-11(10(14)7-8)16-12(19)13(20)17(6-5-15)9(2)18/h3-4,7H,5-6,15H2,1-2H3,(H,16,19). The van der Waals surface area contributed by atoms with Crippen molar-refractivity contribution in [1.82, 2.24) is 4.90 Å². The van der Waals surface area contributed by atoms with Gasteiger partial charge in [-0.3, -0.25) is 19.3 Å². The zero-order chi connectivity index (χ0) is 15.3. The third-order valence-corrected chi connectivity index (χ3v) is 3.20. The molecule has 0 fully saturated rings. The molecule has 0 aliphatic heterocycles. The molecule has 0 unspecified atom stereocenters. The van der Waals surface area contributed by atoms with E-state index >= 15 is 0 Å². The van der Waals surface area contributed by atoms with Crippen molar-refractivity contribution in [2.24, 2.45) is 5.73 Å². The van der Waals surface area contributed by atoms with Crippen LogP contribution in [0.25, 0.3) is 0 Å². The predicted molar refractivity (Wildman–Crippen MR) is 79.0 cm³/mol. The molecule has 0 aliphatic rings. The van der Waals surface area contributed by atoms with Gasteiger partial charge in [0.15, 0.2) is 0 Å². The van der Waals surface area contributed by atoms with Gasteiger partial charge in [0.2, 0.25) is 5.91 Å². The Balaban J connectivity index is 2.84. The molecule has 1 aromatic carbocycles. The minimum atomic E-state index is -0.921. The first-order chi connectivity index (χ1) is 9.36. The highest BCUT2D eigenvalue weighted by Crippen LogP contribution is 2.23. The number of aryl methyl sites for hydroxylation is 1. The molecule has 0 aromatic heterocycles. The van der Waals surface area contributed by atoms with E-state index in [0.29, 0.717) is 10.2 Å². The Morgan fingerprint density at radius 3 is 2.50 bits per heavy atom. The van der Waals surface area contributed by atoms with Crippen LogP contribution in [0.4, 0.5) is 5.69 Å². The fraction of sp³-hybridized carbons (Fsp3) is 0.308. The van der Waals surface area contributed by atoms with Crippen molar-refractivity contribution in [3.8, 4) is 0 Å². The molecule has 0 aliphatic carbocycles. The molecule has 0 spiro atoms. The molecule has 0 saturated carbocycles. The third kappa shape index (κ3) is 4.14. The number of rotatable bonds is 3. The molecule has 0 bridgehead atoms. The van der Waals surface area contributed by atoms with Crippen LogP contribution in [-0.2, 0) is 14.4 Å². The summed E-state index contributed by atoms with van der Waals surface area (Å²) in [6.07, 6.45) is 0. The molecular weight excluding hydrogens is 326 g/mol. The van der Waals surface area contributed by atoms with Gasteiger partial charge in [-0.15, -0.1) is 0 Å². The van der Waals surface area contributed by atoms with Crippen LogP contribution in [0, 0.1) is 6.92 Å². The maximum absolute atomic E-state index is 11.9. The summed E-state index contributed by atoms with van der Waals surface area (Å²) in [6, 6.07) is 5.28. The average molecular weight is 342 g/mol. The summed E-state index contributed by atoms with van der Waals surface area (Å²) in [6.45, 7) is 3.23. The number of amides is 3. The number of carbonyl (C=O) groups is 3. The number of benzene rings is 1. The van der Waals surface area contributed by atoms with Crippen LogP contribution in [0.2, 0.25) is 0 Å². The van der Waals surface area contributed by atoms with E-state index in [0.717, 1.165) is 10.5 Å². The molecule has 0 atom stereocenters. The van der Waals surface area contributed by atoms with E-state index < -0.39 is 17.7 Å². The number of hydrogen-bond acceptors (Lipinski definition) is 4. The van der Waals surface area contributed by atoms with Gasteiger partial charge in [0.05, 0.1) is 5.69 Å². The smallest absolute Gasteiger partial charge is 0.318 e. The average Bonchev–Trinajstić information content (AvgIpc) is 2.38. The lowest BCUT2D eigenvalue weighted by Crippen LogP contribution is -2.44. The number of nitrogens with one attached hydrogen (secondary N) is 1. The van der Waals surface area contributed by atoms with Gasteiger partial charge in [-0.05, 0) is 40.5 Å². The van der Waals surface area contributed by atoms with E-state index in [4.69, 9.17) is 5.73 Å². The Hall–Kier alpha value is -1.73. The van der Waals surface area contributed by atoms with Crippen molar-refractivity contribution in [2.75, 3.05) is 18.4 Å². The molecule has 0 saturated heterocycles. The van der Waals surface area contributed by atoms with Crippen molar-refractivity contribution in [3.63, 3.8) is 0 Å². The van der Waals surface area contributed by atoms with E-state index in [2.05, 4.69) is 21.2 Å². The zero-order valence-corrected chi connectivity index (χ0v) is 12.9. The Kier molecular flexibility index (Phi) is 5.84. The fourth-order valence-corrected chi connectivity index (χ4v) is 2.14. The summed E-state index contributed by atoms with van der Waals surface area (Å²) in [4.78, 5) is 35.9. The molecular formula is C13H16BrN3O3. The monoisotopic (exact) mass is 341 g/mol. The van der Waals surface area contributed by atoms with E-state index in [1.165, 1.54) is 6.92 Å². The second kappa shape index (κ2) is 7.16. The molecule has 1 rings (SSSR count). The van der Waals surface area contributed by atoms with Crippen LogP contribution in [0.15, 0.2) is 22.7 Å². The molecule has 0 radical (unpaired) electrons. The first-order valence-corrected chi connectivity index (χ1v) is 6.75. The van der Waals surface area contributed by atoms with Crippen molar-refractivity contribution < 1.29 is 14.4 Å². The van der Waals surface area contributed by atoms with Gasteiger partial charge in [0, 0.05) is 24.5 Å². The van der Waals surface area contributed by atoms with Gasteiger partial charge in [-0.2, -0.15) is 0 Å². The van der Waals surface area contributed by atoms with Crippen LogP contribution in [-0.4, -0.2) is 35.7 Å². The van der Waals surface area contributed by atoms with Crippen molar-refractivity contribution in [1.29, 1.82) is 0 Å². The van der Waals surface area contributed by atoms with E-state index in [9.17, 15) is 14.4 Å². The van der Waals surface area contributed by atoms with Crippen molar-refractivity contribution in [3.05, 3.63) is 28.2 Å². The lowest BCUT2D eigenvalue weighted by atomic mass is 10.2. The lowest BCUT2D eigenvalue weighted by Gasteiger charge is -2.17. The number of anilines is 1. The minimum absolute atomic E-state index is 0.0106. The highest BCUT2D eigenvalue weighted by Gasteiger charge is 2.24. The summed E-state index contributed by atoms with van der Waals surface area (Å²) >= 11 is 3.29. The molecule has 1 aromatic rings. The van der Waals surface area contributed by atoms with Crippen LogP contribution < -0.4 is 11.1 Å². The van der Waals surface area contributed by atoms with Gasteiger partial charge in [-0.25, -0.2) is 0 Å². The molecule has 108 valence electrons. The van der Waals surface area contributed by atoms with Gasteiger partial charge in [0.1, 0.15) is 0 Å². The number of hydrogen-bond donors (Lipinski definition) is 2. The molecule has 6 nitrogen and oxygen atoms in total. The summed E-state index contributed by atoms with van der Waals surface area (Å²) in [5.74, 6) is -2.31. The lowest BCUT2D eigenvalue weighted by molar-refractivity contribution is -0.149. The second-order valence-corrected chi connectivity index (χ2v) is 5.06. The first kappa shape index (κ1) is 16.3. The van der Waals surface area contributed by atoms with Crippen LogP contribution in [0.5, 0.6) is 0 Å². The maximum Gasteiger partial charge on any atom is 0.318 e.